The van der Waals surface area contributed by atoms with Gasteiger partial charge in [-0.2, -0.15) is 0 Å². The standard InChI is InChI=1S/C21H24BrN3OS/c1-5-25-20(16(4)26-19-11-14(2)10-15(3)12-19)23-24-21(25)27-13-17-6-8-18(22)9-7-17/h6-12,16H,5,13H2,1-4H3. The molecule has 3 rings (SSSR count). The fraction of sp³-hybridized carbons (Fsp3) is 0.333. The van der Waals surface area contributed by atoms with Crippen molar-refractivity contribution in [3.8, 4) is 5.75 Å². The highest BCUT2D eigenvalue weighted by Gasteiger charge is 2.19. The Hall–Kier alpha value is -1.79. The van der Waals surface area contributed by atoms with Crippen molar-refractivity contribution in [2.75, 3.05) is 0 Å². The Kier molecular flexibility index (Phi) is 6.60. The molecule has 0 fully saturated rings. The second-order valence-corrected chi connectivity index (χ2v) is 8.44. The zero-order chi connectivity index (χ0) is 19.4. The van der Waals surface area contributed by atoms with Crippen molar-refractivity contribution in [1.82, 2.24) is 14.8 Å². The summed E-state index contributed by atoms with van der Waals surface area (Å²) in [6.45, 7) is 9.11. The maximum Gasteiger partial charge on any atom is 0.191 e. The van der Waals surface area contributed by atoms with Gasteiger partial charge in [0.1, 0.15) is 5.75 Å². The van der Waals surface area contributed by atoms with Crippen molar-refractivity contribution in [1.29, 1.82) is 0 Å². The van der Waals surface area contributed by atoms with Gasteiger partial charge in [-0.05, 0) is 68.7 Å². The van der Waals surface area contributed by atoms with Crippen molar-refractivity contribution >= 4 is 27.7 Å². The van der Waals surface area contributed by atoms with E-state index in [4.69, 9.17) is 4.74 Å². The molecule has 0 aliphatic heterocycles. The number of thioether (sulfide) groups is 1. The highest BCUT2D eigenvalue weighted by molar-refractivity contribution is 9.10. The Bertz CT molecular complexity index is 888. The molecule has 0 saturated heterocycles. The minimum Gasteiger partial charge on any atom is -0.483 e. The van der Waals surface area contributed by atoms with E-state index in [-0.39, 0.29) is 6.10 Å². The summed E-state index contributed by atoms with van der Waals surface area (Å²) in [5.74, 6) is 2.59. The van der Waals surface area contributed by atoms with Gasteiger partial charge in [0, 0.05) is 16.8 Å². The van der Waals surface area contributed by atoms with Crippen LogP contribution in [-0.2, 0) is 12.3 Å². The van der Waals surface area contributed by atoms with Crippen LogP contribution in [0.3, 0.4) is 0 Å². The van der Waals surface area contributed by atoms with Crippen molar-refractivity contribution in [2.45, 2.75) is 51.3 Å². The zero-order valence-corrected chi connectivity index (χ0v) is 18.5. The summed E-state index contributed by atoms with van der Waals surface area (Å²) >= 11 is 5.17. The molecule has 27 heavy (non-hydrogen) atoms. The fourth-order valence-corrected chi connectivity index (χ4v) is 4.22. The number of aryl methyl sites for hydroxylation is 2. The number of benzene rings is 2. The van der Waals surface area contributed by atoms with Crippen molar-refractivity contribution in [3.05, 3.63) is 69.5 Å². The van der Waals surface area contributed by atoms with Gasteiger partial charge in [-0.3, -0.25) is 0 Å². The minimum absolute atomic E-state index is 0.166. The van der Waals surface area contributed by atoms with Crippen LogP contribution in [0.4, 0.5) is 0 Å². The third-order valence-electron chi connectivity index (χ3n) is 4.21. The van der Waals surface area contributed by atoms with Gasteiger partial charge >= 0.3 is 0 Å². The van der Waals surface area contributed by atoms with Gasteiger partial charge in [-0.25, -0.2) is 0 Å². The molecule has 6 heteroatoms. The molecule has 1 atom stereocenters. The van der Waals surface area contributed by atoms with E-state index in [1.54, 1.807) is 11.8 Å². The summed E-state index contributed by atoms with van der Waals surface area (Å²) in [6.07, 6.45) is -0.166. The van der Waals surface area contributed by atoms with Gasteiger partial charge in [0.25, 0.3) is 0 Å². The third kappa shape index (κ3) is 5.14. The van der Waals surface area contributed by atoms with E-state index in [1.807, 2.05) is 6.92 Å². The van der Waals surface area contributed by atoms with E-state index in [2.05, 4.69) is 93.9 Å². The number of halogens is 1. The lowest BCUT2D eigenvalue weighted by Gasteiger charge is -2.16. The predicted octanol–water partition coefficient (Wildman–Crippen LogP) is 6.11. The highest BCUT2D eigenvalue weighted by Crippen LogP contribution is 2.27. The second-order valence-electron chi connectivity index (χ2n) is 6.58. The van der Waals surface area contributed by atoms with E-state index >= 15 is 0 Å². The molecule has 3 aromatic rings. The Morgan fingerprint density at radius 1 is 1.07 bits per heavy atom. The molecule has 0 amide bonds. The summed E-state index contributed by atoms with van der Waals surface area (Å²) in [7, 11) is 0. The van der Waals surface area contributed by atoms with E-state index in [0.29, 0.717) is 0 Å². The van der Waals surface area contributed by atoms with Crippen LogP contribution in [0.5, 0.6) is 5.75 Å². The van der Waals surface area contributed by atoms with Gasteiger partial charge in [-0.15, -0.1) is 10.2 Å². The monoisotopic (exact) mass is 445 g/mol. The second kappa shape index (κ2) is 8.93. The summed E-state index contributed by atoms with van der Waals surface area (Å²) in [4.78, 5) is 0. The normalized spacial score (nSPS) is 12.2. The predicted molar refractivity (Wildman–Crippen MR) is 114 cm³/mol. The quantitative estimate of drug-likeness (QED) is 0.411. The van der Waals surface area contributed by atoms with Gasteiger partial charge in [0.15, 0.2) is 17.1 Å². The molecule has 142 valence electrons. The lowest BCUT2D eigenvalue weighted by atomic mass is 10.1. The molecular weight excluding hydrogens is 422 g/mol. The summed E-state index contributed by atoms with van der Waals surface area (Å²) in [5.41, 5.74) is 3.65. The largest absolute Gasteiger partial charge is 0.483 e. The SMILES string of the molecule is CCn1c(SCc2ccc(Br)cc2)nnc1C(C)Oc1cc(C)cc(C)c1. The van der Waals surface area contributed by atoms with Crippen LogP contribution in [0.1, 0.15) is 42.5 Å². The molecule has 0 aliphatic rings. The number of hydrogen-bond acceptors (Lipinski definition) is 4. The average molecular weight is 446 g/mol. The smallest absolute Gasteiger partial charge is 0.191 e. The van der Waals surface area contributed by atoms with E-state index < -0.39 is 0 Å². The molecule has 0 spiro atoms. The van der Waals surface area contributed by atoms with Crippen LogP contribution < -0.4 is 4.74 Å². The molecule has 2 aromatic carbocycles. The molecule has 0 saturated carbocycles. The van der Waals surface area contributed by atoms with E-state index in [9.17, 15) is 0 Å². The lowest BCUT2D eigenvalue weighted by molar-refractivity contribution is 0.209. The molecule has 1 heterocycles. The average Bonchev–Trinajstić information content (AvgIpc) is 3.03. The summed E-state index contributed by atoms with van der Waals surface area (Å²) < 4.78 is 9.38. The number of rotatable bonds is 7. The van der Waals surface area contributed by atoms with Gasteiger partial charge in [-0.1, -0.05) is 45.9 Å². The van der Waals surface area contributed by atoms with Crippen LogP contribution in [0.25, 0.3) is 0 Å². The lowest BCUT2D eigenvalue weighted by Crippen LogP contribution is -2.12. The number of nitrogens with zero attached hydrogens (tertiary/aromatic N) is 3. The first-order valence-corrected chi connectivity index (χ1v) is 10.8. The Labute approximate surface area is 173 Å². The number of hydrogen-bond donors (Lipinski definition) is 0. The van der Waals surface area contributed by atoms with Gasteiger partial charge in [0.2, 0.25) is 0 Å². The van der Waals surface area contributed by atoms with Crippen LogP contribution in [0.15, 0.2) is 52.1 Å². The van der Waals surface area contributed by atoms with E-state index in [1.165, 1.54) is 16.7 Å². The first-order valence-electron chi connectivity index (χ1n) is 9.01. The van der Waals surface area contributed by atoms with Crippen LogP contribution in [0.2, 0.25) is 0 Å². The summed E-state index contributed by atoms with van der Waals surface area (Å²) in [5, 5.41) is 9.74. The Morgan fingerprint density at radius 3 is 2.37 bits per heavy atom. The topological polar surface area (TPSA) is 39.9 Å². The number of ether oxygens (including phenoxy) is 1. The zero-order valence-electron chi connectivity index (χ0n) is 16.1. The third-order valence-corrected chi connectivity index (χ3v) is 5.78. The van der Waals surface area contributed by atoms with Gasteiger partial charge < -0.3 is 9.30 Å². The highest BCUT2D eigenvalue weighted by atomic mass is 79.9. The molecule has 0 bridgehead atoms. The molecule has 4 nitrogen and oxygen atoms in total. The Morgan fingerprint density at radius 2 is 1.74 bits per heavy atom. The molecule has 0 radical (unpaired) electrons. The molecule has 1 aromatic heterocycles. The van der Waals surface area contributed by atoms with Crippen LogP contribution in [-0.4, -0.2) is 14.8 Å². The Balaban J connectivity index is 1.73. The van der Waals surface area contributed by atoms with Gasteiger partial charge in [0.05, 0.1) is 0 Å². The van der Waals surface area contributed by atoms with Crippen molar-refractivity contribution in [2.24, 2.45) is 0 Å². The molecule has 0 aliphatic carbocycles. The number of aromatic nitrogens is 3. The molecule has 1 unspecified atom stereocenters. The first kappa shape index (κ1) is 20.0. The molecule has 0 N–H and O–H groups in total. The molecular formula is C21H24BrN3OS. The van der Waals surface area contributed by atoms with E-state index in [0.717, 1.165) is 33.5 Å². The van der Waals surface area contributed by atoms with Crippen LogP contribution in [0, 0.1) is 13.8 Å². The van der Waals surface area contributed by atoms with Crippen molar-refractivity contribution in [3.63, 3.8) is 0 Å². The van der Waals surface area contributed by atoms with Crippen molar-refractivity contribution < 1.29 is 4.74 Å². The first-order chi connectivity index (χ1) is 13.0. The summed E-state index contributed by atoms with van der Waals surface area (Å²) in [6, 6.07) is 14.6. The maximum atomic E-state index is 6.16. The van der Waals surface area contributed by atoms with Crippen LogP contribution >= 0.6 is 27.7 Å². The fourth-order valence-electron chi connectivity index (χ4n) is 2.99. The minimum atomic E-state index is -0.166. The maximum absolute atomic E-state index is 6.16.